The second-order valence-corrected chi connectivity index (χ2v) is 9.68. The molecule has 7 nitrogen and oxygen atoms in total. The molecule has 0 spiro atoms. The largest absolute Gasteiger partial charge is 0.300 e. The van der Waals surface area contributed by atoms with Gasteiger partial charge in [0, 0.05) is 10.9 Å². The topological polar surface area (TPSA) is 101 Å². The maximum absolute atomic E-state index is 12.1. The molecule has 11 heteroatoms. The van der Waals surface area contributed by atoms with Gasteiger partial charge in [-0.3, -0.25) is 14.5 Å². The van der Waals surface area contributed by atoms with E-state index < -0.39 is 15.9 Å². The Morgan fingerprint density at radius 3 is 2.85 bits per heavy atom. The van der Waals surface area contributed by atoms with E-state index in [1.165, 1.54) is 28.7 Å². The molecule has 1 amide bonds. The van der Waals surface area contributed by atoms with E-state index in [1.807, 2.05) is 11.4 Å². The summed E-state index contributed by atoms with van der Waals surface area (Å²) in [4.78, 5) is 21.7. The van der Waals surface area contributed by atoms with E-state index in [0.717, 1.165) is 10.6 Å². The smallest absolute Gasteiger partial charge is 0.263 e. The van der Waals surface area contributed by atoms with Crippen LogP contribution in [0, 0.1) is 0 Å². The third kappa shape index (κ3) is 3.74. The van der Waals surface area contributed by atoms with Crippen molar-refractivity contribution in [3.05, 3.63) is 51.7 Å². The highest BCUT2D eigenvalue weighted by Crippen LogP contribution is 2.32. The van der Waals surface area contributed by atoms with Crippen LogP contribution in [-0.4, -0.2) is 31.7 Å². The van der Waals surface area contributed by atoms with Gasteiger partial charge in [-0.05, 0) is 24.3 Å². The van der Waals surface area contributed by atoms with Gasteiger partial charge in [0.25, 0.3) is 10.0 Å². The van der Waals surface area contributed by atoms with Gasteiger partial charge >= 0.3 is 0 Å². The number of carbonyl (C=O) groups is 1. The number of sulfonamides is 1. The number of aliphatic imine (C=N–C) groups is 1. The number of fused-ring (bicyclic) bond motifs is 1. The number of hydrogen-bond donors (Lipinski definition) is 2. The molecule has 0 fully saturated rings. The molecule has 27 heavy (non-hydrogen) atoms. The van der Waals surface area contributed by atoms with Crippen LogP contribution in [0.5, 0.6) is 0 Å². The number of benzene rings is 1. The van der Waals surface area contributed by atoms with Crippen molar-refractivity contribution in [2.45, 2.75) is 4.90 Å². The third-order valence-electron chi connectivity index (χ3n) is 3.62. The number of halogens is 1. The fraction of sp³-hybridized carbons (Fsp3) is 0.0625. The SMILES string of the molecule is O=C(CN=C1NS(=O)(=O)c2ccccc21)Nc1nc(-c2ccc(Cl)s2)cs1. The Labute approximate surface area is 167 Å². The van der Waals surface area contributed by atoms with Crippen molar-refractivity contribution in [3.63, 3.8) is 0 Å². The number of carbonyl (C=O) groups excluding carboxylic acids is 1. The van der Waals surface area contributed by atoms with Crippen LogP contribution in [0.25, 0.3) is 10.6 Å². The van der Waals surface area contributed by atoms with Crippen molar-refractivity contribution in [2.24, 2.45) is 4.99 Å². The minimum Gasteiger partial charge on any atom is -0.300 e. The average Bonchev–Trinajstić information content (AvgIpc) is 3.32. The number of aromatic nitrogens is 1. The van der Waals surface area contributed by atoms with Gasteiger partial charge in [0.05, 0.1) is 19.8 Å². The summed E-state index contributed by atoms with van der Waals surface area (Å²) >= 11 is 8.61. The molecule has 0 saturated heterocycles. The highest BCUT2D eigenvalue weighted by Gasteiger charge is 2.30. The fourth-order valence-electron chi connectivity index (χ4n) is 2.46. The van der Waals surface area contributed by atoms with E-state index >= 15 is 0 Å². The summed E-state index contributed by atoms with van der Waals surface area (Å²) in [5, 5.41) is 4.92. The molecule has 2 aromatic heterocycles. The van der Waals surface area contributed by atoms with Gasteiger partial charge in [0.15, 0.2) is 5.13 Å². The molecule has 138 valence electrons. The molecule has 0 bridgehead atoms. The van der Waals surface area contributed by atoms with E-state index in [9.17, 15) is 13.2 Å². The van der Waals surface area contributed by atoms with Crippen LogP contribution in [-0.2, 0) is 14.8 Å². The molecule has 1 aliphatic rings. The summed E-state index contributed by atoms with van der Waals surface area (Å²) < 4.78 is 27.1. The first kappa shape index (κ1) is 18.1. The van der Waals surface area contributed by atoms with E-state index in [4.69, 9.17) is 11.6 Å². The highest BCUT2D eigenvalue weighted by atomic mass is 35.5. The molecule has 3 heterocycles. The minimum absolute atomic E-state index is 0.156. The molecule has 2 N–H and O–H groups in total. The quantitative estimate of drug-likeness (QED) is 0.653. The average molecular weight is 439 g/mol. The van der Waals surface area contributed by atoms with Crippen molar-refractivity contribution in [1.29, 1.82) is 0 Å². The maximum Gasteiger partial charge on any atom is 0.263 e. The van der Waals surface area contributed by atoms with Crippen LogP contribution in [0.2, 0.25) is 4.34 Å². The number of hydrogen-bond acceptors (Lipinski definition) is 7. The number of thiazole rings is 1. The van der Waals surface area contributed by atoms with Crippen LogP contribution in [0.1, 0.15) is 5.56 Å². The Morgan fingerprint density at radius 2 is 2.07 bits per heavy atom. The molecule has 1 aliphatic heterocycles. The van der Waals surface area contributed by atoms with Gasteiger partial charge in [-0.1, -0.05) is 23.7 Å². The zero-order valence-corrected chi connectivity index (χ0v) is 16.7. The standard InChI is InChI=1S/C16H11ClN4O3S3/c17-13-6-5-11(26-13)10-8-25-16(19-10)20-14(22)7-18-15-9-3-1-2-4-12(9)27(23,24)21-15/h1-6,8H,7H2,(H,18,21)(H,19,20,22). The Balaban J connectivity index is 1.45. The minimum atomic E-state index is -3.62. The monoisotopic (exact) mass is 438 g/mol. The third-order valence-corrected chi connectivity index (χ3v) is 7.03. The number of amides is 1. The lowest BCUT2D eigenvalue weighted by Crippen LogP contribution is -2.24. The van der Waals surface area contributed by atoms with Crippen molar-refractivity contribution >= 4 is 61.2 Å². The van der Waals surface area contributed by atoms with Gasteiger partial charge in [-0.2, -0.15) is 0 Å². The summed E-state index contributed by atoms with van der Waals surface area (Å²) in [6.45, 7) is -0.230. The van der Waals surface area contributed by atoms with Crippen molar-refractivity contribution in [1.82, 2.24) is 9.71 Å². The summed E-state index contributed by atoms with van der Waals surface area (Å²) in [5.74, 6) is -0.231. The first-order chi connectivity index (χ1) is 12.9. The second-order valence-electron chi connectivity index (χ2n) is 5.46. The molecule has 4 rings (SSSR count). The van der Waals surface area contributed by atoms with E-state index in [0.29, 0.717) is 15.0 Å². The molecule has 0 radical (unpaired) electrons. The summed E-state index contributed by atoms with van der Waals surface area (Å²) in [6.07, 6.45) is 0. The fourth-order valence-corrected chi connectivity index (χ4v) is 5.51. The van der Waals surface area contributed by atoms with Crippen molar-refractivity contribution in [3.8, 4) is 10.6 Å². The molecular weight excluding hydrogens is 428 g/mol. The molecule has 1 aromatic carbocycles. The molecular formula is C16H11ClN4O3S3. The van der Waals surface area contributed by atoms with Crippen LogP contribution in [0.3, 0.4) is 0 Å². The zero-order valence-electron chi connectivity index (χ0n) is 13.5. The molecule has 0 saturated carbocycles. The Kier molecular flexibility index (Phi) is 4.72. The predicted octanol–water partition coefficient (Wildman–Crippen LogP) is 3.20. The molecule has 0 atom stereocenters. The number of anilines is 1. The van der Waals surface area contributed by atoms with E-state index in [1.54, 1.807) is 24.3 Å². The number of nitrogens with one attached hydrogen (secondary N) is 2. The van der Waals surface area contributed by atoms with E-state index in [-0.39, 0.29) is 17.3 Å². The number of thiophene rings is 1. The van der Waals surface area contributed by atoms with Gasteiger partial charge in [-0.25, -0.2) is 13.4 Å². The summed E-state index contributed by atoms with van der Waals surface area (Å²) in [5.41, 5.74) is 1.19. The lowest BCUT2D eigenvalue weighted by atomic mass is 10.2. The lowest BCUT2D eigenvalue weighted by Gasteiger charge is -2.00. The first-order valence-electron chi connectivity index (χ1n) is 7.60. The Bertz CT molecular complexity index is 1170. The van der Waals surface area contributed by atoms with Crippen molar-refractivity contribution < 1.29 is 13.2 Å². The summed E-state index contributed by atoms with van der Waals surface area (Å²) in [6, 6.07) is 10.1. The first-order valence-corrected chi connectivity index (χ1v) is 11.2. The van der Waals surface area contributed by atoms with Gasteiger partial charge in [-0.15, -0.1) is 22.7 Å². The number of rotatable bonds is 4. The van der Waals surface area contributed by atoms with Crippen molar-refractivity contribution in [2.75, 3.05) is 11.9 Å². The van der Waals surface area contributed by atoms with Crippen LogP contribution in [0.4, 0.5) is 5.13 Å². The summed E-state index contributed by atoms with van der Waals surface area (Å²) in [7, 11) is -3.62. The second kappa shape index (κ2) is 7.04. The Hall–Kier alpha value is -2.27. The number of amidine groups is 1. The van der Waals surface area contributed by atoms with Crippen LogP contribution < -0.4 is 10.0 Å². The Morgan fingerprint density at radius 1 is 1.26 bits per heavy atom. The lowest BCUT2D eigenvalue weighted by molar-refractivity contribution is -0.114. The van der Waals surface area contributed by atoms with Crippen LogP contribution >= 0.6 is 34.3 Å². The zero-order chi connectivity index (χ0) is 19.0. The maximum atomic E-state index is 12.1. The molecule has 0 unspecified atom stereocenters. The molecule has 0 aliphatic carbocycles. The van der Waals surface area contributed by atoms with E-state index in [2.05, 4.69) is 20.0 Å². The van der Waals surface area contributed by atoms with Gasteiger partial charge < -0.3 is 5.32 Å². The number of nitrogens with zero attached hydrogens (tertiary/aromatic N) is 2. The molecule has 3 aromatic rings. The van der Waals surface area contributed by atoms with Gasteiger partial charge in [0.2, 0.25) is 5.91 Å². The predicted molar refractivity (Wildman–Crippen MR) is 107 cm³/mol. The van der Waals surface area contributed by atoms with Gasteiger partial charge in [0.1, 0.15) is 12.4 Å². The van der Waals surface area contributed by atoms with Crippen LogP contribution in [0.15, 0.2) is 51.7 Å². The highest BCUT2D eigenvalue weighted by molar-refractivity contribution is 7.90. The normalized spacial score (nSPS) is 16.1.